The Hall–Kier alpha value is -1.16. The van der Waals surface area contributed by atoms with Crippen molar-refractivity contribution in [3.05, 3.63) is 0 Å². The van der Waals surface area contributed by atoms with Crippen molar-refractivity contribution >= 4 is 30.4 Å². The smallest absolute Gasteiger partial charge is 0.315 e. The Morgan fingerprint density at radius 2 is 1.65 bits per heavy atom. The number of aliphatic hydroxyl groups is 2. The standard InChI is InChI=1S/C21H39N3O4S.CH2O/c25-16(9-3-1-5-12-19(26)27)10-4-2-7-13-22-14-8-6-11-18-20-17(15-29-18)23-21(28)24-20;1-2/h17-20,22,26-27H,1-15H2,(H2,23,24,28);1H2. The van der Waals surface area contributed by atoms with Crippen LogP contribution < -0.4 is 16.0 Å². The van der Waals surface area contributed by atoms with Gasteiger partial charge in [-0.25, -0.2) is 4.79 Å². The van der Waals surface area contributed by atoms with Gasteiger partial charge in [0.25, 0.3) is 0 Å². The van der Waals surface area contributed by atoms with E-state index in [0.717, 1.165) is 63.8 Å². The number of aliphatic hydroxyl groups excluding tert-OH is 1. The van der Waals surface area contributed by atoms with Crippen LogP contribution in [0, 0.1) is 0 Å². The maximum absolute atomic E-state index is 11.8. The van der Waals surface area contributed by atoms with Crippen molar-refractivity contribution in [2.75, 3.05) is 18.8 Å². The molecule has 0 aromatic heterocycles. The molecule has 2 saturated heterocycles. The van der Waals surface area contributed by atoms with Crippen LogP contribution in [-0.4, -0.2) is 71.3 Å². The summed E-state index contributed by atoms with van der Waals surface area (Å²) in [6, 6.07) is 0.631. The van der Waals surface area contributed by atoms with Gasteiger partial charge >= 0.3 is 6.03 Å². The third-order valence-corrected chi connectivity index (χ3v) is 7.27. The first kappa shape index (κ1) is 27.9. The minimum Gasteiger partial charge on any atom is -0.368 e. The summed E-state index contributed by atoms with van der Waals surface area (Å²) < 4.78 is 0. The minimum atomic E-state index is -1.22. The lowest BCUT2D eigenvalue weighted by atomic mass is 10.0. The van der Waals surface area contributed by atoms with E-state index < -0.39 is 6.29 Å². The van der Waals surface area contributed by atoms with Gasteiger partial charge in [0.2, 0.25) is 0 Å². The fourth-order valence-corrected chi connectivity index (χ4v) is 5.61. The fourth-order valence-electron chi connectivity index (χ4n) is 4.06. The van der Waals surface area contributed by atoms with Gasteiger partial charge in [-0.05, 0) is 58.0 Å². The molecule has 2 fully saturated rings. The third-order valence-electron chi connectivity index (χ3n) is 5.76. The van der Waals surface area contributed by atoms with E-state index in [-0.39, 0.29) is 6.03 Å². The summed E-state index contributed by atoms with van der Waals surface area (Å²) in [5.41, 5.74) is 0. The van der Waals surface area contributed by atoms with E-state index in [1.165, 1.54) is 12.8 Å². The Bertz CT molecular complexity index is 510. The maximum atomic E-state index is 11.8. The number of hydrogen-bond donors (Lipinski definition) is 5. The summed E-state index contributed by atoms with van der Waals surface area (Å²) in [5, 5.41) is 27.6. The molecule has 9 heteroatoms. The molecule has 0 bridgehead atoms. The summed E-state index contributed by atoms with van der Waals surface area (Å²) in [6.45, 7) is 4.05. The highest BCUT2D eigenvalue weighted by Crippen LogP contribution is 2.32. The third kappa shape index (κ3) is 12.5. The zero-order valence-corrected chi connectivity index (χ0v) is 19.5. The van der Waals surface area contributed by atoms with E-state index >= 15 is 0 Å². The zero-order valence-electron chi connectivity index (χ0n) is 18.7. The fraction of sp³-hybridized carbons (Fsp3) is 0.864. The number of rotatable bonds is 17. The molecule has 2 aliphatic rings. The summed E-state index contributed by atoms with van der Waals surface area (Å²) in [4.78, 5) is 31.2. The Morgan fingerprint density at radius 3 is 2.32 bits per heavy atom. The molecule has 3 unspecified atom stereocenters. The molecule has 180 valence electrons. The van der Waals surface area contributed by atoms with E-state index in [1.807, 2.05) is 18.6 Å². The second-order valence-corrected chi connectivity index (χ2v) is 9.57. The molecule has 2 aliphatic heterocycles. The largest absolute Gasteiger partial charge is 0.368 e. The van der Waals surface area contributed by atoms with Crippen molar-refractivity contribution in [1.29, 1.82) is 0 Å². The number of fused-ring (bicyclic) bond motifs is 1. The molecule has 0 radical (unpaired) electrons. The summed E-state index contributed by atoms with van der Waals surface area (Å²) in [6.07, 6.45) is 9.69. The predicted molar refractivity (Wildman–Crippen MR) is 124 cm³/mol. The van der Waals surface area contributed by atoms with Crippen LogP contribution in [0.3, 0.4) is 0 Å². The average molecular weight is 460 g/mol. The van der Waals surface area contributed by atoms with Gasteiger partial charge in [-0.1, -0.05) is 19.3 Å². The van der Waals surface area contributed by atoms with Crippen LogP contribution in [-0.2, 0) is 9.59 Å². The molecule has 0 aliphatic carbocycles. The second kappa shape index (κ2) is 17.4. The number of ketones is 1. The van der Waals surface area contributed by atoms with E-state index in [4.69, 9.17) is 15.0 Å². The zero-order chi connectivity index (χ0) is 22.9. The lowest BCUT2D eigenvalue weighted by molar-refractivity contribution is -0.119. The van der Waals surface area contributed by atoms with E-state index in [1.54, 1.807) is 0 Å². The van der Waals surface area contributed by atoms with Crippen molar-refractivity contribution in [2.24, 2.45) is 0 Å². The van der Waals surface area contributed by atoms with Gasteiger partial charge in [-0.3, -0.25) is 4.79 Å². The summed E-state index contributed by atoms with van der Waals surface area (Å²) in [5.74, 6) is 1.37. The number of carbonyl (C=O) groups is 3. The van der Waals surface area contributed by atoms with Gasteiger partial charge in [-0.2, -0.15) is 11.8 Å². The first-order valence-electron chi connectivity index (χ1n) is 11.6. The number of Topliss-reactive ketones (excluding diaryl/α,β-unsaturated/α-hetero) is 1. The van der Waals surface area contributed by atoms with Crippen LogP contribution in [0.15, 0.2) is 0 Å². The number of thioether (sulfide) groups is 1. The molecule has 2 rings (SSSR count). The Balaban J connectivity index is 0.00000233. The molecule has 5 N–H and O–H groups in total. The molecule has 0 spiro atoms. The lowest BCUT2D eigenvalue weighted by Gasteiger charge is -2.16. The molecule has 31 heavy (non-hydrogen) atoms. The number of hydrogen-bond acceptors (Lipinski definition) is 7. The number of urea groups is 1. The highest BCUT2D eigenvalue weighted by atomic mass is 32.2. The average Bonchev–Trinajstić information content (AvgIpc) is 3.29. The summed E-state index contributed by atoms with van der Waals surface area (Å²) in [7, 11) is 0. The monoisotopic (exact) mass is 459 g/mol. The van der Waals surface area contributed by atoms with Gasteiger partial charge in [0.05, 0.1) is 12.1 Å². The van der Waals surface area contributed by atoms with Crippen LogP contribution >= 0.6 is 11.8 Å². The van der Waals surface area contributed by atoms with Crippen LogP contribution in [0.2, 0.25) is 0 Å². The number of amides is 2. The van der Waals surface area contributed by atoms with E-state index in [9.17, 15) is 9.59 Å². The van der Waals surface area contributed by atoms with Crippen molar-refractivity contribution in [3.8, 4) is 0 Å². The maximum Gasteiger partial charge on any atom is 0.315 e. The second-order valence-electron chi connectivity index (χ2n) is 8.30. The molecule has 2 amide bonds. The topological polar surface area (TPSA) is 128 Å². The molecular weight excluding hydrogens is 418 g/mol. The van der Waals surface area contributed by atoms with Crippen LogP contribution in [0.25, 0.3) is 0 Å². The Kier molecular flexibility index (Phi) is 15.6. The highest BCUT2D eigenvalue weighted by molar-refractivity contribution is 8.00. The Morgan fingerprint density at radius 1 is 1.00 bits per heavy atom. The summed E-state index contributed by atoms with van der Waals surface area (Å²) >= 11 is 1.98. The highest BCUT2D eigenvalue weighted by Gasteiger charge is 2.42. The Labute approximate surface area is 190 Å². The normalized spacial score (nSPS) is 21.9. The van der Waals surface area contributed by atoms with Crippen molar-refractivity contribution in [1.82, 2.24) is 16.0 Å². The van der Waals surface area contributed by atoms with E-state index in [0.29, 0.717) is 42.4 Å². The molecular formula is C22H41N3O5S. The van der Waals surface area contributed by atoms with Gasteiger partial charge in [0, 0.05) is 23.8 Å². The van der Waals surface area contributed by atoms with Crippen molar-refractivity contribution in [3.63, 3.8) is 0 Å². The molecule has 0 saturated carbocycles. The quantitative estimate of drug-likeness (QED) is 0.128. The first-order chi connectivity index (χ1) is 15.1. The molecule has 0 aromatic rings. The molecule has 3 atom stereocenters. The van der Waals surface area contributed by atoms with Crippen LogP contribution in [0.4, 0.5) is 4.79 Å². The SMILES string of the molecule is C=O.O=C(CCCCCNCCCCC1SCC2NC(=O)NC21)CCCCCC(O)O. The molecule has 0 aromatic carbocycles. The lowest BCUT2D eigenvalue weighted by Crippen LogP contribution is -2.36. The van der Waals surface area contributed by atoms with Gasteiger partial charge in [0.15, 0.2) is 6.29 Å². The van der Waals surface area contributed by atoms with Crippen molar-refractivity contribution in [2.45, 2.75) is 101 Å². The van der Waals surface area contributed by atoms with Crippen molar-refractivity contribution < 1.29 is 24.6 Å². The van der Waals surface area contributed by atoms with Crippen LogP contribution in [0.5, 0.6) is 0 Å². The van der Waals surface area contributed by atoms with Gasteiger partial charge < -0.3 is 31.0 Å². The predicted octanol–water partition coefficient (Wildman–Crippen LogP) is 2.12. The first-order valence-corrected chi connectivity index (χ1v) is 12.7. The van der Waals surface area contributed by atoms with E-state index in [2.05, 4.69) is 16.0 Å². The number of unbranched alkanes of at least 4 members (excludes halogenated alkanes) is 5. The van der Waals surface area contributed by atoms with Crippen LogP contribution in [0.1, 0.15) is 77.0 Å². The molecule has 8 nitrogen and oxygen atoms in total. The van der Waals surface area contributed by atoms with Gasteiger partial charge in [-0.15, -0.1) is 0 Å². The number of carbonyl (C=O) groups excluding carboxylic acids is 3. The number of nitrogens with one attached hydrogen (secondary N) is 3. The minimum absolute atomic E-state index is 0.00699. The van der Waals surface area contributed by atoms with Gasteiger partial charge in [0.1, 0.15) is 12.6 Å². The molecule has 2 heterocycles.